The number of para-hydroxylation sites is 1. The molecule has 0 aliphatic rings. The maximum Gasteiger partial charge on any atom is 0.313 e. The lowest BCUT2D eigenvalue weighted by molar-refractivity contribution is -0.136. The Morgan fingerprint density at radius 2 is 1.77 bits per heavy atom. The Kier molecular flexibility index (Phi) is 5.07. The standard InChI is InChI=1S/C19H19N5O2/c1-13-5-3-4-6-17(13)22-19(26)18(25)21-14(2)15-7-9-16(10-8-15)24-12-11-20-23-24/h3-12,14H,1-2H3,(H,21,25)(H,22,26). The van der Waals surface area contributed by atoms with Crippen molar-refractivity contribution in [2.45, 2.75) is 19.9 Å². The first kappa shape index (κ1) is 17.3. The summed E-state index contributed by atoms with van der Waals surface area (Å²) in [5.74, 6) is -1.37. The van der Waals surface area contributed by atoms with Crippen LogP contribution < -0.4 is 10.6 Å². The number of nitrogens with zero attached hydrogens (tertiary/aromatic N) is 3. The molecule has 0 saturated heterocycles. The average molecular weight is 349 g/mol. The van der Waals surface area contributed by atoms with Gasteiger partial charge in [-0.1, -0.05) is 35.5 Å². The second-order valence-electron chi connectivity index (χ2n) is 5.90. The molecule has 0 bridgehead atoms. The zero-order valence-corrected chi connectivity index (χ0v) is 14.5. The van der Waals surface area contributed by atoms with E-state index in [0.29, 0.717) is 5.69 Å². The third-order valence-electron chi connectivity index (χ3n) is 4.03. The zero-order valence-electron chi connectivity index (χ0n) is 14.5. The van der Waals surface area contributed by atoms with Gasteiger partial charge in [0.05, 0.1) is 24.1 Å². The van der Waals surface area contributed by atoms with E-state index in [4.69, 9.17) is 0 Å². The van der Waals surface area contributed by atoms with E-state index in [0.717, 1.165) is 16.8 Å². The second-order valence-corrected chi connectivity index (χ2v) is 5.90. The van der Waals surface area contributed by atoms with Gasteiger partial charge in [0.2, 0.25) is 0 Å². The summed E-state index contributed by atoms with van der Waals surface area (Å²) in [4.78, 5) is 24.2. The lowest BCUT2D eigenvalue weighted by Crippen LogP contribution is -2.37. The minimum Gasteiger partial charge on any atom is -0.341 e. The number of carbonyl (C=O) groups excluding carboxylic acids is 2. The highest BCUT2D eigenvalue weighted by Gasteiger charge is 2.17. The van der Waals surface area contributed by atoms with Crippen LogP contribution in [0.1, 0.15) is 24.1 Å². The minimum absolute atomic E-state index is 0.310. The summed E-state index contributed by atoms with van der Waals surface area (Å²) < 4.78 is 1.64. The van der Waals surface area contributed by atoms with Crippen molar-refractivity contribution < 1.29 is 9.59 Å². The van der Waals surface area contributed by atoms with Gasteiger partial charge in [0, 0.05) is 5.69 Å². The lowest BCUT2D eigenvalue weighted by Gasteiger charge is -2.15. The minimum atomic E-state index is -0.689. The highest BCUT2D eigenvalue weighted by atomic mass is 16.2. The van der Waals surface area contributed by atoms with Crippen LogP contribution in [0.3, 0.4) is 0 Å². The second kappa shape index (κ2) is 7.60. The smallest absolute Gasteiger partial charge is 0.313 e. The quantitative estimate of drug-likeness (QED) is 0.708. The van der Waals surface area contributed by atoms with Crippen molar-refractivity contribution in [3.8, 4) is 5.69 Å². The number of hydrogen-bond acceptors (Lipinski definition) is 4. The normalized spacial score (nSPS) is 11.6. The first-order chi connectivity index (χ1) is 12.5. The molecule has 1 aromatic heterocycles. The third kappa shape index (κ3) is 3.94. The van der Waals surface area contributed by atoms with Crippen LogP contribution in [0.2, 0.25) is 0 Å². The molecule has 26 heavy (non-hydrogen) atoms. The van der Waals surface area contributed by atoms with Gasteiger partial charge < -0.3 is 10.6 Å². The SMILES string of the molecule is Cc1ccccc1NC(=O)C(=O)NC(C)c1ccc(-n2ccnn2)cc1. The van der Waals surface area contributed by atoms with Gasteiger partial charge in [0.15, 0.2) is 0 Å². The van der Waals surface area contributed by atoms with E-state index in [9.17, 15) is 9.59 Å². The van der Waals surface area contributed by atoms with Gasteiger partial charge in [0.1, 0.15) is 0 Å². The number of carbonyl (C=O) groups is 2. The monoisotopic (exact) mass is 349 g/mol. The Bertz CT molecular complexity index is 904. The van der Waals surface area contributed by atoms with E-state index < -0.39 is 11.8 Å². The van der Waals surface area contributed by atoms with Crippen molar-refractivity contribution in [3.63, 3.8) is 0 Å². The highest BCUT2D eigenvalue weighted by Crippen LogP contribution is 2.16. The molecule has 1 atom stereocenters. The predicted octanol–water partition coefficient (Wildman–Crippen LogP) is 2.39. The molecule has 7 nitrogen and oxygen atoms in total. The Labute approximate surface area is 151 Å². The molecule has 0 saturated carbocycles. The largest absolute Gasteiger partial charge is 0.341 e. The number of nitrogens with one attached hydrogen (secondary N) is 2. The Balaban J connectivity index is 1.61. The van der Waals surface area contributed by atoms with Crippen LogP contribution in [0.25, 0.3) is 5.69 Å². The summed E-state index contributed by atoms with van der Waals surface area (Å²) >= 11 is 0. The molecule has 1 unspecified atom stereocenters. The molecule has 7 heteroatoms. The average Bonchev–Trinajstić information content (AvgIpc) is 3.18. The van der Waals surface area contributed by atoms with Crippen molar-refractivity contribution in [1.82, 2.24) is 20.3 Å². The van der Waals surface area contributed by atoms with E-state index in [1.54, 1.807) is 29.2 Å². The van der Waals surface area contributed by atoms with Gasteiger partial charge in [0.25, 0.3) is 0 Å². The van der Waals surface area contributed by atoms with Gasteiger partial charge in [-0.15, -0.1) is 5.10 Å². The molecule has 0 spiro atoms. The topological polar surface area (TPSA) is 88.9 Å². The van der Waals surface area contributed by atoms with Gasteiger partial charge in [-0.3, -0.25) is 9.59 Å². The van der Waals surface area contributed by atoms with Crippen molar-refractivity contribution in [3.05, 3.63) is 72.1 Å². The van der Waals surface area contributed by atoms with Gasteiger partial charge in [-0.2, -0.15) is 0 Å². The number of amides is 2. The van der Waals surface area contributed by atoms with E-state index in [1.807, 2.05) is 50.2 Å². The summed E-state index contributed by atoms with van der Waals surface area (Å²) in [6, 6.07) is 14.5. The number of rotatable bonds is 4. The van der Waals surface area contributed by atoms with E-state index in [-0.39, 0.29) is 6.04 Å². The van der Waals surface area contributed by atoms with Gasteiger partial charge in [-0.25, -0.2) is 4.68 Å². The van der Waals surface area contributed by atoms with Crippen LogP contribution in [0.4, 0.5) is 5.69 Å². The molecule has 0 fully saturated rings. The van der Waals surface area contributed by atoms with Crippen molar-refractivity contribution in [2.75, 3.05) is 5.32 Å². The molecule has 3 rings (SSSR count). The predicted molar refractivity (Wildman–Crippen MR) is 97.7 cm³/mol. The van der Waals surface area contributed by atoms with Crippen LogP contribution >= 0.6 is 0 Å². The molecule has 2 aromatic carbocycles. The number of anilines is 1. The molecule has 2 N–H and O–H groups in total. The molecule has 0 aliphatic carbocycles. The Hall–Kier alpha value is -3.48. The van der Waals surface area contributed by atoms with E-state index >= 15 is 0 Å². The van der Waals surface area contributed by atoms with Crippen LogP contribution in [0, 0.1) is 6.92 Å². The number of aryl methyl sites for hydroxylation is 1. The first-order valence-electron chi connectivity index (χ1n) is 8.19. The molecule has 0 radical (unpaired) electrons. The fourth-order valence-electron chi connectivity index (χ4n) is 2.50. The van der Waals surface area contributed by atoms with E-state index in [1.165, 1.54) is 0 Å². The molecule has 0 aliphatic heterocycles. The summed E-state index contributed by atoms with van der Waals surface area (Å²) in [5, 5.41) is 13.0. The maximum absolute atomic E-state index is 12.2. The highest BCUT2D eigenvalue weighted by molar-refractivity contribution is 6.39. The summed E-state index contributed by atoms with van der Waals surface area (Å²) in [7, 11) is 0. The number of aromatic nitrogens is 3. The summed E-state index contributed by atoms with van der Waals surface area (Å²) in [6.07, 6.45) is 3.35. The number of hydrogen-bond donors (Lipinski definition) is 2. The molecule has 2 amide bonds. The van der Waals surface area contributed by atoms with Crippen molar-refractivity contribution >= 4 is 17.5 Å². The van der Waals surface area contributed by atoms with Gasteiger partial charge in [-0.05, 0) is 43.2 Å². The lowest BCUT2D eigenvalue weighted by atomic mass is 10.1. The molecular weight excluding hydrogens is 330 g/mol. The maximum atomic E-state index is 12.2. The van der Waals surface area contributed by atoms with Gasteiger partial charge >= 0.3 is 11.8 Å². The van der Waals surface area contributed by atoms with Crippen LogP contribution in [-0.4, -0.2) is 26.8 Å². The van der Waals surface area contributed by atoms with Crippen LogP contribution in [0.15, 0.2) is 60.9 Å². The molecule has 1 heterocycles. The van der Waals surface area contributed by atoms with Crippen molar-refractivity contribution in [2.24, 2.45) is 0 Å². The first-order valence-corrected chi connectivity index (χ1v) is 8.19. The molecule has 132 valence electrons. The zero-order chi connectivity index (χ0) is 18.5. The Morgan fingerprint density at radius 3 is 2.42 bits per heavy atom. The summed E-state index contributed by atoms with van der Waals surface area (Å²) in [6.45, 7) is 3.69. The van der Waals surface area contributed by atoms with Crippen LogP contribution in [0.5, 0.6) is 0 Å². The summed E-state index contributed by atoms with van der Waals surface area (Å²) in [5.41, 5.74) is 3.26. The number of benzene rings is 2. The molecule has 3 aromatic rings. The third-order valence-corrected chi connectivity index (χ3v) is 4.03. The van der Waals surface area contributed by atoms with E-state index in [2.05, 4.69) is 20.9 Å². The Morgan fingerprint density at radius 1 is 1.04 bits per heavy atom. The fraction of sp³-hybridized carbons (Fsp3) is 0.158. The van der Waals surface area contributed by atoms with Crippen molar-refractivity contribution in [1.29, 1.82) is 0 Å². The molecular formula is C19H19N5O2. The fourth-order valence-corrected chi connectivity index (χ4v) is 2.50. The van der Waals surface area contributed by atoms with Crippen LogP contribution in [-0.2, 0) is 9.59 Å².